The van der Waals surface area contributed by atoms with Gasteiger partial charge in [-0.1, -0.05) is 23.4 Å². The third kappa shape index (κ3) is 3.51. The highest BCUT2D eigenvalue weighted by atomic mass is 16.5. The van der Waals surface area contributed by atoms with Crippen molar-refractivity contribution in [2.24, 2.45) is 5.41 Å². The number of hydrogen-bond donors (Lipinski definition) is 1. The van der Waals surface area contributed by atoms with Gasteiger partial charge in [-0.05, 0) is 56.7 Å². The number of aromatic nitrogens is 3. The molecule has 1 aromatic carbocycles. The summed E-state index contributed by atoms with van der Waals surface area (Å²) in [6.07, 6.45) is 6.50. The monoisotopic (exact) mass is 407 g/mol. The van der Waals surface area contributed by atoms with Crippen LogP contribution in [-0.2, 0) is 11.2 Å². The molecular weight excluding hydrogens is 378 g/mol. The normalized spacial score (nSPS) is 21.7. The van der Waals surface area contributed by atoms with E-state index in [1.54, 1.807) is 0 Å². The van der Waals surface area contributed by atoms with Crippen molar-refractivity contribution in [1.82, 2.24) is 24.9 Å². The van der Waals surface area contributed by atoms with E-state index >= 15 is 0 Å². The summed E-state index contributed by atoms with van der Waals surface area (Å²) < 4.78 is 5.44. The van der Waals surface area contributed by atoms with Crippen molar-refractivity contribution in [2.45, 2.75) is 45.1 Å². The standard InChI is InChI=1S/C23H29N5O2/c1-16-25-22(30-26-16)20-13-23(15-27(20)2)9-11-28(12-10-23)21(29)8-7-17-14-24-19-6-4-3-5-18(17)19/h3-6,14,20,24H,7-13,15H2,1-2H3. The Hall–Kier alpha value is -2.67. The van der Waals surface area contributed by atoms with Gasteiger partial charge in [0, 0.05) is 43.2 Å². The lowest BCUT2D eigenvalue weighted by Gasteiger charge is -2.39. The van der Waals surface area contributed by atoms with Crippen molar-refractivity contribution < 1.29 is 9.32 Å². The highest BCUT2D eigenvalue weighted by Gasteiger charge is 2.46. The van der Waals surface area contributed by atoms with Gasteiger partial charge in [0.1, 0.15) is 0 Å². The van der Waals surface area contributed by atoms with E-state index in [4.69, 9.17) is 4.52 Å². The van der Waals surface area contributed by atoms with Crippen LogP contribution in [-0.4, -0.2) is 57.5 Å². The number of nitrogens with one attached hydrogen (secondary N) is 1. The fourth-order valence-electron chi connectivity index (χ4n) is 5.32. The topological polar surface area (TPSA) is 78.3 Å². The van der Waals surface area contributed by atoms with Crippen LogP contribution in [0.25, 0.3) is 10.9 Å². The fourth-order valence-corrected chi connectivity index (χ4v) is 5.32. The number of H-pyrrole nitrogens is 1. The van der Waals surface area contributed by atoms with Crippen LogP contribution in [0.15, 0.2) is 35.0 Å². The van der Waals surface area contributed by atoms with Crippen molar-refractivity contribution >= 4 is 16.8 Å². The summed E-state index contributed by atoms with van der Waals surface area (Å²) in [5.74, 6) is 1.68. The molecule has 2 aromatic heterocycles. The second-order valence-electron chi connectivity index (χ2n) is 9.06. The minimum Gasteiger partial charge on any atom is -0.361 e. The van der Waals surface area contributed by atoms with Crippen LogP contribution < -0.4 is 0 Å². The van der Waals surface area contributed by atoms with Crippen molar-refractivity contribution in [2.75, 3.05) is 26.7 Å². The third-order valence-corrected chi connectivity index (χ3v) is 7.03. The number of carbonyl (C=O) groups is 1. The van der Waals surface area contributed by atoms with Crippen LogP contribution in [0.5, 0.6) is 0 Å². The number of rotatable bonds is 4. The lowest BCUT2D eigenvalue weighted by molar-refractivity contribution is -0.133. The van der Waals surface area contributed by atoms with E-state index in [2.05, 4.69) is 44.1 Å². The summed E-state index contributed by atoms with van der Waals surface area (Å²) in [5, 5.41) is 5.18. The van der Waals surface area contributed by atoms with Gasteiger partial charge in [0.25, 0.3) is 0 Å². The third-order valence-electron chi connectivity index (χ3n) is 7.03. The fraction of sp³-hybridized carbons (Fsp3) is 0.522. The second-order valence-corrected chi connectivity index (χ2v) is 9.06. The molecule has 2 saturated heterocycles. The van der Waals surface area contributed by atoms with Gasteiger partial charge >= 0.3 is 0 Å². The summed E-state index contributed by atoms with van der Waals surface area (Å²) in [4.78, 5) is 25.0. The number of piperidine rings is 1. The van der Waals surface area contributed by atoms with Gasteiger partial charge in [-0.15, -0.1) is 0 Å². The first-order valence-corrected chi connectivity index (χ1v) is 10.9. The average molecular weight is 408 g/mol. The maximum atomic E-state index is 12.9. The molecule has 0 saturated carbocycles. The zero-order valence-electron chi connectivity index (χ0n) is 17.7. The Morgan fingerprint density at radius 1 is 1.30 bits per heavy atom. The van der Waals surface area contributed by atoms with E-state index in [-0.39, 0.29) is 17.4 Å². The van der Waals surface area contributed by atoms with Crippen LogP contribution >= 0.6 is 0 Å². The Labute approximate surface area is 176 Å². The molecule has 1 spiro atoms. The predicted octanol–water partition coefficient (Wildman–Crippen LogP) is 3.48. The zero-order valence-corrected chi connectivity index (χ0v) is 17.7. The first-order chi connectivity index (χ1) is 14.5. The number of benzene rings is 1. The molecule has 7 heteroatoms. The molecule has 1 unspecified atom stereocenters. The molecule has 30 heavy (non-hydrogen) atoms. The largest absolute Gasteiger partial charge is 0.361 e. The summed E-state index contributed by atoms with van der Waals surface area (Å²) in [7, 11) is 2.14. The van der Waals surface area contributed by atoms with Gasteiger partial charge < -0.3 is 14.4 Å². The highest BCUT2D eigenvalue weighted by molar-refractivity contribution is 5.84. The molecule has 158 valence electrons. The van der Waals surface area contributed by atoms with Gasteiger partial charge in [-0.3, -0.25) is 9.69 Å². The lowest BCUT2D eigenvalue weighted by Crippen LogP contribution is -2.44. The van der Waals surface area contributed by atoms with Crippen molar-refractivity contribution in [3.05, 3.63) is 47.7 Å². The molecule has 2 aliphatic rings. The van der Waals surface area contributed by atoms with Gasteiger partial charge in [-0.2, -0.15) is 4.98 Å². The van der Waals surface area contributed by atoms with E-state index in [9.17, 15) is 4.79 Å². The molecule has 7 nitrogen and oxygen atoms in total. The molecule has 3 aromatic rings. The second kappa shape index (κ2) is 7.54. The van der Waals surface area contributed by atoms with Crippen LogP contribution in [0, 0.1) is 12.3 Å². The van der Waals surface area contributed by atoms with Gasteiger partial charge in [0.2, 0.25) is 11.8 Å². The Kier molecular flexibility index (Phi) is 4.85. The molecular formula is C23H29N5O2. The minimum absolute atomic E-state index is 0.190. The van der Waals surface area contributed by atoms with Gasteiger partial charge in [0.05, 0.1) is 6.04 Å². The Morgan fingerprint density at radius 2 is 2.10 bits per heavy atom. The molecule has 1 N–H and O–H groups in total. The lowest BCUT2D eigenvalue weighted by atomic mass is 9.76. The number of nitrogens with zero attached hydrogens (tertiary/aromatic N) is 4. The summed E-state index contributed by atoms with van der Waals surface area (Å²) >= 11 is 0. The minimum atomic E-state index is 0.190. The molecule has 1 atom stereocenters. The predicted molar refractivity (Wildman–Crippen MR) is 114 cm³/mol. The molecule has 2 fully saturated rings. The first-order valence-electron chi connectivity index (χ1n) is 10.9. The number of para-hydroxylation sites is 1. The first kappa shape index (κ1) is 19.3. The molecule has 2 aliphatic heterocycles. The van der Waals surface area contributed by atoms with Crippen LogP contribution in [0.3, 0.4) is 0 Å². The summed E-state index contributed by atoms with van der Waals surface area (Å²) in [6, 6.07) is 8.46. The van der Waals surface area contributed by atoms with E-state index < -0.39 is 0 Å². The summed E-state index contributed by atoms with van der Waals surface area (Å²) in [6.45, 7) is 4.57. The molecule has 0 radical (unpaired) electrons. The smallest absolute Gasteiger partial charge is 0.243 e. The van der Waals surface area contributed by atoms with Crippen LogP contribution in [0.1, 0.15) is 49.0 Å². The molecule has 0 aliphatic carbocycles. The van der Waals surface area contributed by atoms with Gasteiger partial charge in [-0.25, -0.2) is 0 Å². The SMILES string of the molecule is Cc1noc(C2CC3(CCN(C(=O)CCc4c[nH]c5ccccc45)CC3)CN2C)n1. The van der Waals surface area contributed by atoms with Crippen LogP contribution in [0.2, 0.25) is 0 Å². The number of fused-ring (bicyclic) bond motifs is 1. The average Bonchev–Trinajstić information content (AvgIpc) is 3.44. The zero-order chi connectivity index (χ0) is 20.7. The Bertz CT molecular complexity index is 1050. The highest BCUT2D eigenvalue weighted by Crippen LogP contribution is 2.48. The number of hydrogen-bond acceptors (Lipinski definition) is 5. The Morgan fingerprint density at radius 3 is 2.87 bits per heavy atom. The maximum Gasteiger partial charge on any atom is 0.243 e. The van der Waals surface area contributed by atoms with Crippen molar-refractivity contribution in [3.8, 4) is 0 Å². The van der Waals surface area contributed by atoms with E-state index in [0.717, 1.165) is 56.7 Å². The molecule has 4 heterocycles. The van der Waals surface area contributed by atoms with Crippen molar-refractivity contribution in [1.29, 1.82) is 0 Å². The molecule has 0 bridgehead atoms. The molecule has 1 amide bonds. The number of carbonyl (C=O) groups excluding carboxylic acids is 1. The van der Waals surface area contributed by atoms with Crippen LogP contribution in [0.4, 0.5) is 0 Å². The van der Waals surface area contributed by atoms with E-state index in [1.165, 1.54) is 10.9 Å². The number of aromatic amines is 1. The van der Waals surface area contributed by atoms with E-state index in [0.29, 0.717) is 12.2 Å². The quantitative estimate of drug-likeness (QED) is 0.716. The number of amides is 1. The molecule has 5 rings (SSSR count). The number of likely N-dealkylation sites (tertiary alicyclic amines) is 2. The van der Waals surface area contributed by atoms with Gasteiger partial charge in [0.15, 0.2) is 5.82 Å². The number of aryl methyl sites for hydroxylation is 2. The van der Waals surface area contributed by atoms with Crippen molar-refractivity contribution in [3.63, 3.8) is 0 Å². The van der Waals surface area contributed by atoms with E-state index in [1.807, 2.05) is 25.3 Å². The maximum absolute atomic E-state index is 12.9. The summed E-state index contributed by atoms with van der Waals surface area (Å²) in [5.41, 5.74) is 2.61. The Balaban J connectivity index is 1.17.